The quantitative estimate of drug-likeness (QED) is 0.805. The maximum atomic E-state index is 11.7. The summed E-state index contributed by atoms with van der Waals surface area (Å²) in [4.78, 5) is 11.7. The average Bonchev–Trinajstić information content (AvgIpc) is 2.67. The summed E-state index contributed by atoms with van der Waals surface area (Å²) in [7, 11) is 0. The van der Waals surface area contributed by atoms with Crippen LogP contribution in [0, 0.1) is 0 Å². The fourth-order valence-electron chi connectivity index (χ4n) is 1.68. The third-order valence-electron chi connectivity index (χ3n) is 2.55. The van der Waals surface area contributed by atoms with Crippen molar-refractivity contribution in [2.75, 3.05) is 13.2 Å². The van der Waals surface area contributed by atoms with Crippen LogP contribution in [0.15, 0.2) is 28.7 Å². The van der Waals surface area contributed by atoms with Gasteiger partial charge in [0.05, 0.1) is 12.2 Å². The molecule has 18 heavy (non-hydrogen) atoms. The maximum Gasteiger partial charge on any atom is 0.338 e. The second kappa shape index (κ2) is 5.38. The fraction of sp³-hybridized carbons (Fsp3) is 0.462. The number of esters is 1. The van der Waals surface area contributed by atoms with Gasteiger partial charge in [-0.3, -0.25) is 0 Å². The van der Waals surface area contributed by atoms with Crippen LogP contribution in [0.3, 0.4) is 0 Å². The van der Waals surface area contributed by atoms with Gasteiger partial charge in [-0.2, -0.15) is 0 Å². The van der Waals surface area contributed by atoms with E-state index in [-0.39, 0.29) is 18.7 Å². The van der Waals surface area contributed by atoms with Crippen LogP contribution in [0.1, 0.15) is 24.2 Å². The van der Waals surface area contributed by atoms with Crippen molar-refractivity contribution < 1.29 is 19.0 Å². The smallest absolute Gasteiger partial charge is 0.338 e. The van der Waals surface area contributed by atoms with Crippen LogP contribution in [0.4, 0.5) is 0 Å². The van der Waals surface area contributed by atoms with Crippen LogP contribution in [0.2, 0.25) is 0 Å². The van der Waals surface area contributed by atoms with Crippen LogP contribution in [-0.4, -0.2) is 31.1 Å². The van der Waals surface area contributed by atoms with Gasteiger partial charge < -0.3 is 14.2 Å². The molecular formula is C13H15BrO4. The van der Waals surface area contributed by atoms with Crippen LogP contribution in [0.25, 0.3) is 0 Å². The number of carbonyl (C=O) groups excluding carboxylic acids is 1. The van der Waals surface area contributed by atoms with Crippen molar-refractivity contribution in [2.45, 2.75) is 25.7 Å². The molecule has 0 aromatic heterocycles. The zero-order valence-electron chi connectivity index (χ0n) is 10.3. The number of carbonyl (C=O) groups is 1. The molecule has 0 aliphatic carbocycles. The van der Waals surface area contributed by atoms with E-state index in [9.17, 15) is 4.79 Å². The molecule has 0 spiro atoms. The van der Waals surface area contributed by atoms with Gasteiger partial charge in [0.2, 0.25) is 0 Å². The van der Waals surface area contributed by atoms with E-state index in [4.69, 9.17) is 14.2 Å². The predicted octanol–water partition coefficient (Wildman–Crippen LogP) is 2.76. The second-order valence-corrected chi connectivity index (χ2v) is 5.47. The van der Waals surface area contributed by atoms with Crippen molar-refractivity contribution in [1.29, 1.82) is 0 Å². The van der Waals surface area contributed by atoms with Crippen molar-refractivity contribution in [1.82, 2.24) is 0 Å². The molecule has 1 fully saturated rings. The Bertz CT molecular complexity index is 427. The Kier molecular flexibility index (Phi) is 4.04. The van der Waals surface area contributed by atoms with E-state index >= 15 is 0 Å². The molecule has 5 heteroatoms. The molecule has 0 saturated carbocycles. The lowest BCUT2D eigenvalue weighted by atomic mass is 10.2. The normalized spacial score (nSPS) is 21.8. The molecule has 0 N–H and O–H groups in total. The van der Waals surface area contributed by atoms with Gasteiger partial charge in [0.15, 0.2) is 5.79 Å². The van der Waals surface area contributed by atoms with Crippen molar-refractivity contribution in [3.8, 4) is 0 Å². The summed E-state index contributed by atoms with van der Waals surface area (Å²) < 4.78 is 17.0. The first-order valence-corrected chi connectivity index (χ1v) is 6.50. The van der Waals surface area contributed by atoms with Gasteiger partial charge in [-0.25, -0.2) is 4.79 Å². The summed E-state index contributed by atoms with van der Waals surface area (Å²) in [6.07, 6.45) is -0.195. The molecule has 4 nitrogen and oxygen atoms in total. The highest BCUT2D eigenvalue weighted by Crippen LogP contribution is 2.22. The molecule has 1 aromatic carbocycles. The highest BCUT2D eigenvalue weighted by Gasteiger charge is 2.33. The Hall–Kier alpha value is -0.910. The van der Waals surface area contributed by atoms with E-state index in [1.165, 1.54) is 0 Å². The number of hydrogen-bond donors (Lipinski definition) is 0. The van der Waals surface area contributed by atoms with E-state index in [1.807, 2.05) is 13.8 Å². The summed E-state index contributed by atoms with van der Waals surface area (Å²) in [5.74, 6) is -0.940. The van der Waals surface area contributed by atoms with Gasteiger partial charge in [-0.05, 0) is 38.1 Å². The van der Waals surface area contributed by atoms with E-state index in [0.717, 1.165) is 4.47 Å². The molecular weight excluding hydrogens is 300 g/mol. The standard InChI is InChI=1S/C13H15BrO4/c1-13(2)17-8-11(18-13)7-16-12(15)9-3-5-10(14)6-4-9/h3-6,11H,7-8H2,1-2H3. The van der Waals surface area contributed by atoms with Gasteiger partial charge in [-0.1, -0.05) is 15.9 Å². The minimum absolute atomic E-state index is 0.195. The average molecular weight is 315 g/mol. The van der Waals surface area contributed by atoms with Gasteiger partial charge in [-0.15, -0.1) is 0 Å². The molecule has 1 atom stereocenters. The molecule has 98 valence electrons. The topological polar surface area (TPSA) is 44.8 Å². The van der Waals surface area contributed by atoms with E-state index in [2.05, 4.69) is 15.9 Å². The second-order valence-electron chi connectivity index (χ2n) is 4.56. The highest BCUT2D eigenvalue weighted by molar-refractivity contribution is 9.10. The Labute approximate surface area is 114 Å². The SMILES string of the molecule is CC1(C)OCC(COC(=O)c2ccc(Br)cc2)O1. The summed E-state index contributed by atoms with van der Waals surface area (Å²) in [5.41, 5.74) is 0.524. The summed E-state index contributed by atoms with van der Waals surface area (Å²) in [5, 5.41) is 0. The molecule has 0 amide bonds. The van der Waals surface area contributed by atoms with Crippen molar-refractivity contribution in [3.05, 3.63) is 34.3 Å². The number of hydrogen-bond acceptors (Lipinski definition) is 4. The Morgan fingerprint density at radius 3 is 2.67 bits per heavy atom. The van der Waals surface area contributed by atoms with Crippen molar-refractivity contribution in [3.63, 3.8) is 0 Å². The number of rotatable bonds is 3. The maximum absolute atomic E-state index is 11.7. The van der Waals surface area contributed by atoms with Crippen molar-refractivity contribution >= 4 is 21.9 Å². The lowest BCUT2D eigenvalue weighted by Crippen LogP contribution is -2.25. The molecule has 1 aromatic rings. The molecule has 2 rings (SSSR count). The fourth-order valence-corrected chi connectivity index (χ4v) is 1.95. The monoisotopic (exact) mass is 314 g/mol. The van der Waals surface area contributed by atoms with Gasteiger partial charge in [0.25, 0.3) is 0 Å². The lowest BCUT2D eigenvalue weighted by Gasteiger charge is -2.16. The highest BCUT2D eigenvalue weighted by atomic mass is 79.9. The third kappa shape index (κ3) is 3.54. The first-order valence-electron chi connectivity index (χ1n) is 5.71. The van der Waals surface area contributed by atoms with E-state index in [0.29, 0.717) is 12.2 Å². The largest absolute Gasteiger partial charge is 0.459 e. The summed E-state index contributed by atoms with van der Waals surface area (Å²) in [6, 6.07) is 7.02. The zero-order chi connectivity index (χ0) is 13.2. The lowest BCUT2D eigenvalue weighted by molar-refractivity contribution is -0.142. The Morgan fingerprint density at radius 2 is 2.11 bits per heavy atom. The minimum Gasteiger partial charge on any atom is -0.459 e. The predicted molar refractivity (Wildman–Crippen MR) is 69.3 cm³/mol. The minimum atomic E-state index is -0.589. The van der Waals surface area contributed by atoms with Crippen LogP contribution >= 0.6 is 15.9 Å². The molecule has 1 saturated heterocycles. The number of halogens is 1. The molecule has 1 aliphatic rings. The van der Waals surface area contributed by atoms with Gasteiger partial charge in [0.1, 0.15) is 12.7 Å². The summed E-state index contributed by atoms with van der Waals surface area (Å²) >= 11 is 3.31. The zero-order valence-corrected chi connectivity index (χ0v) is 11.9. The third-order valence-corrected chi connectivity index (χ3v) is 3.08. The van der Waals surface area contributed by atoms with Crippen LogP contribution in [0.5, 0.6) is 0 Å². The molecule has 0 radical (unpaired) electrons. The summed E-state index contributed by atoms with van der Waals surface area (Å²) in [6.45, 7) is 4.33. The van der Waals surface area contributed by atoms with E-state index in [1.54, 1.807) is 24.3 Å². The number of benzene rings is 1. The van der Waals surface area contributed by atoms with E-state index < -0.39 is 5.79 Å². The molecule has 1 unspecified atom stereocenters. The van der Waals surface area contributed by atoms with Gasteiger partial charge in [0, 0.05) is 4.47 Å². The molecule has 0 bridgehead atoms. The van der Waals surface area contributed by atoms with Crippen LogP contribution in [-0.2, 0) is 14.2 Å². The van der Waals surface area contributed by atoms with Crippen molar-refractivity contribution in [2.24, 2.45) is 0 Å². The first kappa shape index (κ1) is 13.5. The van der Waals surface area contributed by atoms with Gasteiger partial charge >= 0.3 is 5.97 Å². The Morgan fingerprint density at radius 1 is 1.44 bits per heavy atom. The Balaban J connectivity index is 1.84. The first-order chi connectivity index (χ1) is 8.46. The molecule has 1 heterocycles. The molecule has 1 aliphatic heterocycles. The number of ether oxygens (including phenoxy) is 3. The van der Waals surface area contributed by atoms with Crippen LogP contribution < -0.4 is 0 Å².